The van der Waals surface area contributed by atoms with Gasteiger partial charge in [0.15, 0.2) is 23.1 Å². The van der Waals surface area contributed by atoms with Gasteiger partial charge in [0.25, 0.3) is 0 Å². The van der Waals surface area contributed by atoms with Gasteiger partial charge in [0.1, 0.15) is 0 Å². The Morgan fingerprint density at radius 1 is 0.969 bits per heavy atom. The first-order valence-corrected chi connectivity index (χ1v) is 11.3. The Hall–Kier alpha value is -2.34. The van der Waals surface area contributed by atoms with Crippen molar-refractivity contribution in [1.82, 2.24) is 0 Å². The van der Waals surface area contributed by atoms with Crippen LogP contribution in [0.5, 0.6) is 11.5 Å². The van der Waals surface area contributed by atoms with Crippen molar-refractivity contribution >= 4 is 0 Å². The lowest BCUT2D eigenvalue weighted by atomic mass is 9.90. The van der Waals surface area contributed by atoms with Crippen LogP contribution in [0, 0.1) is 23.4 Å². The number of hydrogen-bond donors (Lipinski definition) is 0. The Balaban J connectivity index is 1.49. The van der Waals surface area contributed by atoms with Gasteiger partial charge >= 0.3 is 0 Å². The van der Waals surface area contributed by atoms with Gasteiger partial charge in [-0.1, -0.05) is 24.3 Å². The summed E-state index contributed by atoms with van der Waals surface area (Å²) in [5.74, 6) is -2.68. The Kier molecular flexibility index (Phi) is 7.19. The van der Waals surface area contributed by atoms with Crippen LogP contribution in [-0.4, -0.2) is 19.4 Å². The third kappa shape index (κ3) is 4.70. The molecule has 0 radical (unpaired) electrons. The fourth-order valence-electron chi connectivity index (χ4n) is 4.57. The number of allylic oxidation sites excluding steroid dienone is 1. The van der Waals surface area contributed by atoms with Gasteiger partial charge < -0.3 is 9.47 Å². The van der Waals surface area contributed by atoms with E-state index in [1.54, 1.807) is 18.2 Å². The molecule has 32 heavy (non-hydrogen) atoms. The number of fused-ring (bicyclic) bond motifs is 2. The lowest BCUT2D eigenvalue weighted by Gasteiger charge is -2.27. The maximum atomic E-state index is 14.9. The highest BCUT2D eigenvalue weighted by molar-refractivity contribution is 5.53. The molecule has 2 atom stereocenters. The molecular weight excluding hydrogens is 420 g/mol. The van der Waals surface area contributed by atoms with Crippen molar-refractivity contribution in [2.75, 3.05) is 13.3 Å². The molecule has 0 aliphatic carbocycles. The van der Waals surface area contributed by atoms with Crippen LogP contribution in [0.2, 0.25) is 0 Å². The minimum absolute atomic E-state index is 0.0880. The number of alkyl halides is 1. The van der Waals surface area contributed by atoms with Crippen LogP contribution in [0.1, 0.15) is 54.9 Å². The summed E-state index contributed by atoms with van der Waals surface area (Å²) in [6.07, 6.45) is 7.87. The van der Waals surface area contributed by atoms with E-state index in [1.165, 1.54) is 0 Å². The van der Waals surface area contributed by atoms with Crippen LogP contribution < -0.4 is 4.74 Å². The Labute approximate surface area is 186 Å². The van der Waals surface area contributed by atoms with Crippen LogP contribution in [0.25, 0.3) is 0 Å². The summed E-state index contributed by atoms with van der Waals surface area (Å²) in [6, 6.07) is 4.97. The average Bonchev–Trinajstić information content (AvgIpc) is 2.80. The van der Waals surface area contributed by atoms with E-state index in [2.05, 4.69) is 0 Å². The van der Waals surface area contributed by atoms with Crippen LogP contribution in [0.3, 0.4) is 0 Å². The van der Waals surface area contributed by atoms with E-state index in [1.807, 2.05) is 19.1 Å². The molecule has 6 heteroatoms. The first-order chi connectivity index (χ1) is 15.5. The summed E-state index contributed by atoms with van der Waals surface area (Å²) >= 11 is 0. The molecule has 0 saturated carbocycles. The van der Waals surface area contributed by atoms with E-state index in [0.29, 0.717) is 47.6 Å². The van der Waals surface area contributed by atoms with Gasteiger partial charge in [-0.25, -0.2) is 8.78 Å². The van der Waals surface area contributed by atoms with Crippen LogP contribution in [0.4, 0.5) is 17.6 Å². The Bertz CT molecular complexity index is 994. The lowest BCUT2D eigenvalue weighted by molar-refractivity contribution is 0.00856. The van der Waals surface area contributed by atoms with E-state index in [0.717, 1.165) is 12.8 Å². The normalized spacial score (nSPS) is 20.2. The maximum Gasteiger partial charge on any atom is 0.201 e. The van der Waals surface area contributed by atoms with E-state index in [9.17, 15) is 17.6 Å². The van der Waals surface area contributed by atoms with Crippen molar-refractivity contribution in [2.24, 2.45) is 5.92 Å². The van der Waals surface area contributed by atoms with E-state index in [4.69, 9.17) is 9.47 Å². The second-order valence-electron chi connectivity index (χ2n) is 8.63. The van der Waals surface area contributed by atoms with Gasteiger partial charge in [-0.2, -0.15) is 4.39 Å². The molecule has 4 rings (SSSR count). The van der Waals surface area contributed by atoms with Gasteiger partial charge in [0, 0.05) is 17.5 Å². The molecular formula is C26H28F4O2. The summed E-state index contributed by atoms with van der Waals surface area (Å²) in [5, 5.41) is 0. The molecule has 2 nitrogen and oxygen atoms in total. The topological polar surface area (TPSA) is 18.5 Å². The third-order valence-electron chi connectivity index (χ3n) is 6.37. The van der Waals surface area contributed by atoms with Crippen molar-refractivity contribution in [3.05, 3.63) is 70.1 Å². The number of ether oxygens (including phenoxy) is 2. The zero-order valence-corrected chi connectivity index (χ0v) is 18.2. The largest absolute Gasteiger partial charge is 0.450 e. The quantitative estimate of drug-likeness (QED) is 0.286. The fraction of sp³-hybridized carbons (Fsp3) is 0.462. The molecule has 1 saturated heterocycles. The molecule has 2 aliphatic rings. The Morgan fingerprint density at radius 2 is 1.78 bits per heavy atom. The number of hydrogen-bond acceptors (Lipinski definition) is 2. The Morgan fingerprint density at radius 3 is 2.50 bits per heavy atom. The molecule has 0 amide bonds. The second kappa shape index (κ2) is 10.1. The molecule has 0 spiro atoms. The first kappa shape index (κ1) is 22.8. The molecule has 2 aromatic rings. The standard InChI is InChI=1S/C26H28F4O2/c1-2-4-21-11-7-16(15-31-21)6-8-18-13-20-14-19-10-9-17(5-3-12-27)23(29)25(19)32-26(20)24(30)22(18)28/h2,4,9-10,13,16,21H,3,5-8,11-12,14-15H2,1H3/b4-2+. The number of halogens is 4. The van der Waals surface area contributed by atoms with Crippen LogP contribution in [0.15, 0.2) is 30.4 Å². The van der Waals surface area contributed by atoms with E-state index < -0.39 is 24.1 Å². The molecule has 172 valence electrons. The van der Waals surface area contributed by atoms with Gasteiger partial charge in [0.2, 0.25) is 5.82 Å². The molecule has 2 aliphatic heterocycles. The van der Waals surface area contributed by atoms with Crippen molar-refractivity contribution in [3.8, 4) is 11.5 Å². The SMILES string of the molecule is C/C=C/C1CCC(CCc2cc3c(c(F)c2F)Oc2c(ccc(CCCF)c2F)C3)CO1. The number of aryl methyl sites for hydroxylation is 2. The zero-order chi connectivity index (χ0) is 22.7. The van der Waals surface area contributed by atoms with Gasteiger partial charge in [-0.15, -0.1) is 0 Å². The summed E-state index contributed by atoms with van der Waals surface area (Å²) in [6.45, 7) is 2.03. The van der Waals surface area contributed by atoms with Crippen molar-refractivity contribution < 1.29 is 27.0 Å². The molecule has 1 fully saturated rings. The smallest absolute Gasteiger partial charge is 0.201 e. The minimum atomic E-state index is -1.08. The van der Waals surface area contributed by atoms with E-state index >= 15 is 0 Å². The predicted molar refractivity (Wildman–Crippen MR) is 116 cm³/mol. The first-order valence-electron chi connectivity index (χ1n) is 11.3. The zero-order valence-electron chi connectivity index (χ0n) is 18.2. The molecule has 2 aromatic carbocycles. The average molecular weight is 449 g/mol. The highest BCUT2D eigenvalue weighted by Gasteiger charge is 2.29. The summed E-state index contributed by atoms with van der Waals surface area (Å²) in [4.78, 5) is 0. The van der Waals surface area contributed by atoms with Crippen LogP contribution in [-0.2, 0) is 24.0 Å². The molecule has 2 heterocycles. The highest BCUT2D eigenvalue weighted by atomic mass is 19.2. The third-order valence-corrected chi connectivity index (χ3v) is 6.37. The summed E-state index contributed by atoms with van der Waals surface area (Å²) in [5.41, 5.74) is 1.71. The lowest BCUT2D eigenvalue weighted by Crippen LogP contribution is -2.24. The van der Waals surface area contributed by atoms with Gasteiger partial charge in [-0.3, -0.25) is 4.39 Å². The number of benzene rings is 2. The van der Waals surface area contributed by atoms with Crippen molar-refractivity contribution in [2.45, 2.75) is 58.0 Å². The van der Waals surface area contributed by atoms with Gasteiger partial charge in [0.05, 0.1) is 19.4 Å². The van der Waals surface area contributed by atoms with Crippen LogP contribution >= 0.6 is 0 Å². The van der Waals surface area contributed by atoms with Gasteiger partial charge in [-0.05, 0) is 68.6 Å². The fourth-order valence-corrected chi connectivity index (χ4v) is 4.57. The molecule has 2 unspecified atom stereocenters. The molecule has 0 aromatic heterocycles. The summed E-state index contributed by atoms with van der Waals surface area (Å²) in [7, 11) is 0. The molecule has 0 N–H and O–H groups in total. The van der Waals surface area contributed by atoms with Crippen molar-refractivity contribution in [3.63, 3.8) is 0 Å². The predicted octanol–water partition coefficient (Wildman–Crippen LogP) is 7.01. The maximum absolute atomic E-state index is 14.9. The number of rotatable bonds is 7. The highest BCUT2D eigenvalue weighted by Crippen LogP contribution is 2.42. The molecule has 0 bridgehead atoms. The minimum Gasteiger partial charge on any atom is -0.450 e. The summed E-state index contributed by atoms with van der Waals surface area (Å²) < 4.78 is 68.3. The monoisotopic (exact) mass is 448 g/mol. The second-order valence-corrected chi connectivity index (χ2v) is 8.63. The van der Waals surface area contributed by atoms with E-state index in [-0.39, 0.29) is 36.9 Å². The van der Waals surface area contributed by atoms with Crippen molar-refractivity contribution in [1.29, 1.82) is 0 Å².